The highest BCUT2D eigenvalue weighted by atomic mass is 127. The van der Waals surface area contributed by atoms with Crippen LogP contribution in [-0.4, -0.2) is 38.5 Å². The second-order valence-corrected chi connectivity index (χ2v) is 7.16. The van der Waals surface area contributed by atoms with E-state index in [2.05, 4.69) is 90.9 Å². The number of aliphatic imine (C=N–C) groups is 1. The number of hydrogen-bond acceptors (Lipinski definition) is 2. The summed E-state index contributed by atoms with van der Waals surface area (Å²) in [5, 5.41) is 6.81. The molecule has 2 rings (SSSR count). The number of rotatable bonds is 7. The van der Waals surface area contributed by atoms with Crippen molar-refractivity contribution in [3.8, 4) is 0 Å². The first-order valence-corrected chi connectivity index (χ1v) is 9.20. The number of nitrogens with zero attached hydrogens (tertiary/aromatic N) is 2. The summed E-state index contributed by atoms with van der Waals surface area (Å²) < 4.78 is 0. The van der Waals surface area contributed by atoms with Gasteiger partial charge in [-0.1, -0.05) is 53.6 Å². The average Bonchev–Trinajstić information content (AvgIpc) is 2.57. The quantitative estimate of drug-likeness (QED) is 0.359. The summed E-state index contributed by atoms with van der Waals surface area (Å²) in [7, 11) is 5.99. The molecule has 2 N–H and O–H groups in total. The fraction of sp³-hybridized carbons (Fsp3) is 0.409. The summed E-state index contributed by atoms with van der Waals surface area (Å²) in [6, 6.07) is 15.4. The van der Waals surface area contributed by atoms with Crippen LogP contribution in [0, 0.1) is 13.8 Å². The summed E-state index contributed by atoms with van der Waals surface area (Å²) in [6.07, 6.45) is 0.988. The fourth-order valence-corrected chi connectivity index (χ4v) is 3.15. The van der Waals surface area contributed by atoms with Gasteiger partial charge in [0.1, 0.15) is 0 Å². The van der Waals surface area contributed by atoms with Gasteiger partial charge in [-0.3, -0.25) is 4.99 Å². The number of benzene rings is 2. The van der Waals surface area contributed by atoms with Crippen LogP contribution in [0.1, 0.15) is 27.8 Å². The van der Waals surface area contributed by atoms with Gasteiger partial charge in [0, 0.05) is 26.7 Å². The molecule has 0 saturated carbocycles. The molecule has 0 atom stereocenters. The molecule has 2 aromatic carbocycles. The van der Waals surface area contributed by atoms with Gasteiger partial charge in [-0.15, -0.1) is 24.0 Å². The normalized spacial score (nSPS) is 11.3. The van der Waals surface area contributed by atoms with Gasteiger partial charge >= 0.3 is 0 Å². The first-order valence-electron chi connectivity index (χ1n) is 9.20. The van der Waals surface area contributed by atoms with E-state index in [1.54, 1.807) is 0 Å². The molecule has 0 saturated heterocycles. The predicted molar refractivity (Wildman–Crippen MR) is 127 cm³/mol. The van der Waals surface area contributed by atoms with Crippen molar-refractivity contribution in [2.45, 2.75) is 33.4 Å². The van der Waals surface area contributed by atoms with E-state index >= 15 is 0 Å². The Kier molecular flexibility index (Phi) is 10.4. The number of hydrogen-bond donors (Lipinski definition) is 2. The van der Waals surface area contributed by atoms with Gasteiger partial charge in [-0.2, -0.15) is 0 Å². The maximum Gasteiger partial charge on any atom is 0.191 e. The number of halogens is 1. The maximum absolute atomic E-state index is 4.33. The van der Waals surface area contributed by atoms with E-state index < -0.39 is 0 Å². The minimum absolute atomic E-state index is 0. The lowest BCUT2D eigenvalue weighted by Gasteiger charge is -2.14. The Morgan fingerprint density at radius 3 is 2.22 bits per heavy atom. The molecule has 0 heterocycles. The standard InChI is InChI=1S/C22H32N4.HI/c1-17-11-18(2)13-19(12-17)9-10-24-22(23-3)25-15-20-7-6-8-21(14-20)16-26(4)5;/h6-8,11-14H,9-10,15-16H2,1-5H3,(H2,23,24,25);1H. The van der Waals surface area contributed by atoms with Gasteiger partial charge in [-0.05, 0) is 51.1 Å². The molecule has 4 nitrogen and oxygen atoms in total. The van der Waals surface area contributed by atoms with Crippen molar-refractivity contribution in [3.63, 3.8) is 0 Å². The van der Waals surface area contributed by atoms with Crippen molar-refractivity contribution in [1.29, 1.82) is 0 Å². The van der Waals surface area contributed by atoms with Crippen molar-refractivity contribution >= 4 is 29.9 Å². The lowest BCUT2D eigenvalue weighted by Crippen LogP contribution is -2.37. The minimum atomic E-state index is 0. The topological polar surface area (TPSA) is 39.7 Å². The van der Waals surface area contributed by atoms with Gasteiger partial charge < -0.3 is 15.5 Å². The molecule has 0 fully saturated rings. The van der Waals surface area contributed by atoms with Crippen LogP contribution in [0.15, 0.2) is 47.5 Å². The van der Waals surface area contributed by atoms with E-state index in [4.69, 9.17) is 0 Å². The number of aryl methyl sites for hydroxylation is 2. The highest BCUT2D eigenvalue weighted by Gasteiger charge is 2.02. The van der Waals surface area contributed by atoms with Crippen LogP contribution in [-0.2, 0) is 19.5 Å². The molecule has 5 heteroatoms. The van der Waals surface area contributed by atoms with E-state index in [1.165, 1.54) is 27.8 Å². The Morgan fingerprint density at radius 1 is 0.926 bits per heavy atom. The molecule has 0 spiro atoms. The first-order chi connectivity index (χ1) is 12.5. The van der Waals surface area contributed by atoms with E-state index in [0.717, 1.165) is 32.0 Å². The second-order valence-electron chi connectivity index (χ2n) is 7.16. The lowest BCUT2D eigenvalue weighted by atomic mass is 10.1. The van der Waals surface area contributed by atoms with Crippen molar-refractivity contribution in [2.75, 3.05) is 27.7 Å². The summed E-state index contributed by atoms with van der Waals surface area (Å²) in [4.78, 5) is 6.51. The minimum Gasteiger partial charge on any atom is -0.356 e. The zero-order valence-corrected chi connectivity index (χ0v) is 19.5. The molecule has 0 aliphatic heterocycles. The van der Waals surface area contributed by atoms with Crippen molar-refractivity contribution in [1.82, 2.24) is 15.5 Å². The molecular formula is C22H33IN4. The summed E-state index contributed by atoms with van der Waals surface area (Å²) in [6.45, 7) is 6.88. The summed E-state index contributed by atoms with van der Waals surface area (Å²) in [5.74, 6) is 0.840. The monoisotopic (exact) mass is 480 g/mol. The van der Waals surface area contributed by atoms with Crippen LogP contribution in [0.25, 0.3) is 0 Å². The van der Waals surface area contributed by atoms with Crippen molar-refractivity contribution in [2.24, 2.45) is 4.99 Å². The van der Waals surface area contributed by atoms with Crippen LogP contribution in [0.3, 0.4) is 0 Å². The molecule has 0 unspecified atom stereocenters. The summed E-state index contributed by atoms with van der Waals surface area (Å²) >= 11 is 0. The van der Waals surface area contributed by atoms with Gasteiger partial charge in [0.15, 0.2) is 5.96 Å². The Morgan fingerprint density at radius 2 is 1.59 bits per heavy atom. The van der Waals surface area contributed by atoms with Crippen molar-refractivity contribution in [3.05, 3.63) is 70.3 Å². The van der Waals surface area contributed by atoms with Gasteiger partial charge in [0.25, 0.3) is 0 Å². The predicted octanol–water partition coefficient (Wildman–Crippen LogP) is 3.89. The zero-order valence-electron chi connectivity index (χ0n) is 17.2. The second kappa shape index (κ2) is 12.0. The van der Waals surface area contributed by atoms with Crippen LogP contribution >= 0.6 is 24.0 Å². The molecule has 2 aromatic rings. The van der Waals surface area contributed by atoms with E-state index in [9.17, 15) is 0 Å². The third-order valence-electron chi connectivity index (χ3n) is 4.16. The van der Waals surface area contributed by atoms with E-state index in [0.29, 0.717) is 0 Å². The molecule has 0 aliphatic rings. The Hall–Kier alpha value is -1.60. The van der Waals surface area contributed by atoms with Crippen LogP contribution in [0.5, 0.6) is 0 Å². The Bertz CT molecular complexity index is 721. The highest BCUT2D eigenvalue weighted by molar-refractivity contribution is 14.0. The lowest BCUT2D eigenvalue weighted by molar-refractivity contribution is 0.402. The van der Waals surface area contributed by atoms with Crippen LogP contribution < -0.4 is 10.6 Å². The van der Waals surface area contributed by atoms with Gasteiger partial charge in [0.2, 0.25) is 0 Å². The van der Waals surface area contributed by atoms with Crippen LogP contribution in [0.2, 0.25) is 0 Å². The number of guanidine groups is 1. The van der Waals surface area contributed by atoms with Gasteiger partial charge in [0.05, 0.1) is 0 Å². The molecule has 27 heavy (non-hydrogen) atoms. The maximum atomic E-state index is 4.33. The first kappa shape index (κ1) is 23.4. The zero-order chi connectivity index (χ0) is 18.9. The molecule has 0 bridgehead atoms. The SMILES string of the molecule is CN=C(NCCc1cc(C)cc(C)c1)NCc1cccc(CN(C)C)c1.I. The molecule has 0 amide bonds. The third kappa shape index (κ3) is 8.75. The Labute approximate surface area is 181 Å². The molecule has 0 aliphatic carbocycles. The average molecular weight is 480 g/mol. The fourth-order valence-electron chi connectivity index (χ4n) is 3.15. The molecule has 148 valence electrons. The Balaban J connectivity index is 0.00000364. The molecule has 0 aromatic heterocycles. The third-order valence-corrected chi connectivity index (χ3v) is 4.16. The smallest absolute Gasteiger partial charge is 0.191 e. The van der Waals surface area contributed by atoms with Crippen LogP contribution in [0.4, 0.5) is 0 Å². The summed E-state index contributed by atoms with van der Waals surface area (Å²) in [5.41, 5.74) is 6.59. The van der Waals surface area contributed by atoms with E-state index in [1.807, 2.05) is 7.05 Å². The largest absolute Gasteiger partial charge is 0.356 e. The molecular weight excluding hydrogens is 447 g/mol. The van der Waals surface area contributed by atoms with Gasteiger partial charge in [-0.25, -0.2) is 0 Å². The van der Waals surface area contributed by atoms with Crippen molar-refractivity contribution < 1.29 is 0 Å². The highest BCUT2D eigenvalue weighted by Crippen LogP contribution is 2.09. The number of nitrogens with one attached hydrogen (secondary N) is 2. The van der Waals surface area contributed by atoms with E-state index in [-0.39, 0.29) is 24.0 Å². The molecule has 0 radical (unpaired) electrons.